The van der Waals surface area contributed by atoms with Crippen LogP contribution < -0.4 is 9.46 Å². The molecule has 0 fully saturated rings. The van der Waals surface area contributed by atoms with Crippen molar-refractivity contribution in [3.63, 3.8) is 0 Å². The number of hydrogen-bond donors (Lipinski definition) is 1. The summed E-state index contributed by atoms with van der Waals surface area (Å²) in [5.41, 5.74) is 1.47. The number of anilines is 1. The van der Waals surface area contributed by atoms with E-state index in [9.17, 15) is 8.42 Å². The minimum absolute atomic E-state index is 0.261. The molecule has 0 aliphatic rings. The normalized spacial score (nSPS) is 11.4. The van der Waals surface area contributed by atoms with Crippen LogP contribution in [0.4, 0.5) is 5.69 Å². The minimum atomic E-state index is -3.59. The van der Waals surface area contributed by atoms with Gasteiger partial charge in [-0.3, -0.25) is 4.72 Å². The summed E-state index contributed by atoms with van der Waals surface area (Å²) in [6.45, 7) is 4.49. The largest absolute Gasteiger partial charge is 0.491 e. The van der Waals surface area contributed by atoms with Crippen molar-refractivity contribution in [3.05, 3.63) is 39.7 Å². The summed E-state index contributed by atoms with van der Waals surface area (Å²) in [6.07, 6.45) is 0.859. The first kappa shape index (κ1) is 16.3. The van der Waals surface area contributed by atoms with E-state index < -0.39 is 10.0 Å². The average molecular weight is 390 g/mol. The molecule has 0 atom stereocenters. The second kappa shape index (κ2) is 6.81. The number of benzene rings is 1. The topological polar surface area (TPSA) is 55.4 Å². The molecule has 0 saturated carbocycles. The van der Waals surface area contributed by atoms with Crippen molar-refractivity contribution in [1.82, 2.24) is 0 Å². The first-order valence-electron chi connectivity index (χ1n) is 6.44. The molecule has 0 saturated heterocycles. The Balaban J connectivity index is 2.30. The Morgan fingerprint density at radius 3 is 2.67 bits per heavy atom. The van der Waals surface area contributed by atoms with Gasteiger partial charge in [0.25, 0.3) is 10.0 Å². The highest BCUT2D eigenvalue weighted by Crippen LogP contribution is 2.31. The number of halogens is 1. The zero-order valence-corrected chi connectivity index (χ0v) is 14.9. The van der Waals surface area contributed by atoms with Gasteiger partial charge in [-0.15, -0.1) is 11.3 Å². The van der Waals surface area contributed by atoms with E-state index in [1.165, 1.54) is 11.3 Å². The Bertz CT molecular complexity index is 726. The van der Waals surface area contributed by atoms with Gasteiger partial charge < -0.3 is 4.74 Å². The third-order valence-electron chi connectivity index (χ3n) is 2.66. The fourth-order valence-corrected chi connectivity index (χ4v) is 4.76. The number of hydrogen-bond acceptors (Lipinski definition) is 4. The van der Waals surface area contributed by atoms with Crippen LogP contribution in [0, 0.1) is 6.92 Å². The molecular weight excluding hydrogens is 374 g/mol. The van der Waals surface area contributed by atoms with Crippen LogP contribution >= 0.6 is 27.3 Å². The molecule has 0 radical (unpaired) electrons. The lowest BCUT2D eigenvalue weighted by atomic mass is 10.2. The number of nitrogens with one attached hydrogen (secondary N) is 1. The van der Waals surface area contributed by atoms with Crippen LogP contribution in [0.15, 0.2) is 38.3 Å². The van der Waals surface area contributed by atoms with E-state index >= 15 is 0 Å². The molecule has 1 aromatic carbocycles. The Morgan fingerprint density at radius 2 is 2.05 bits per heavy atom. The van der Waals surface area contributed by atoms with E-state index in [2.05, 4.69) is 20.7 Å². The van der Waals surface area contributed by atoms with Crippen LogP contribution in [0.2, 0.25) is 0 Å². The molecule has 21 heavy (non-hydrogen) atoms. The number of sulfonamides is 1. The van der Waals surface area contributed by atoms with Crippen LogP contribution in [-0.2, 0) is 10.0 Å². The highest BCUT2D eigenvalue weighted by atomic mass is 79.9. The van der Waals surface area contributed by atoms with Crippen LogP contribution in [0.5, 0.6) is 5.75 Å². The van der Waals surface area contributed by atoms with E-state index in [0.717, 1.165) is 15.8 Å². The van der Waals surface area contributed by atoms with Crippen LogP contribution in [-0.4, -0.2) is 15.0 Å². The van der Waals surface area contributed by atoms with Crippen LogP contribution in [0.3, 0.4) is 0 Å². The number of ether oxygens (including phenoxy) is 1. The van der Waals surface area contributed by atoms with Gasteiger partial charge in [0.1, 0.15) is 9.96 Å². The summed E-state index contributed by atoms with van der Waals surface area (Å²) in [7, 11) is -3.59. The molecule has 0 aliphatic heterocycles. The predicted octanol–water partition coefficient (Wildman–Crippen LogP) is 4.41. The van der Waals surface area contributed by atoms with E-state index in [0.29, 0.717) is 18.0 Å². The third kappa shape index (κ3) is 4.21. The van der Waals surface area contributed by atoms with Crippen molar-refractivity contribution in [2.45, 2.75) is 24.5 Å². The lowest BCUT2D eigenvalue weighted by Crippen LogP contribution is -2.12. The highest BCUT2D eigenvalue weighted by Gasteiger charge is 2.18. The van der Waals surface area contributed by atoms with Gasteiger partial charge in [-0.25, -0.2) is 8.42 Å². The van der Waals surface area contributed by atoms with E-state index in [4.69, 9.17) is 4.74 Å². The smallest absolute Gasteiger partial charge is 0.271 e. The third-order valence-corrected chi connectivity index (χ3v) is 6.14. The maximum absolute atomic E-state index is 12.3. The first-order valence-corrected chi connectivity index (χ1v) is 9.53. The fraction of sp³-hybridized carbons (Fsp3) is 0.286. The van der Waals surface area contributed by atoms with E-state index in [1.807, 2.05) is 26.0 Å². The molecule has 1 aromatic heterocycles. The van der Waals surface area contributed by atoms with Gasteiger partial charge >= 0.3 is 0 Å². The Morgan fingerprint density at radius 1 is 1.29 bits per heavy atom. The molecule has 1 N–H and O–H groups in total. The van der Waals surface area contributed by atoms with Crippen molar-refractivity contribution in [2.24, 2.45) is 0 Å². The minimum Gasteiger partial charge on any atom is -0.491 e. The van der Waals surface area contributed by atoms with Crippen molar-refractivity contribution >= 4 is 43.0 Å². The molecule has 4 nitrogen and oxygen atoms in total. The molecule has 114 valence electrons. The van der Waals surface area contributed by atoms with Gasteiger partial charge in [-0.05, 0) is 59.1 Å². The summed E-state index contributed by atoms with van der Waals surface area (Å²) in [4.78, 5) is 0. The summed E-state index contributed by atoms with van der Waals surface area (Å²) in [5.74, 6) is 0.552. The van der Waals surface area contributed by atoms with Crippen molar-refractivity contribution in [3.8, 4) is 5.75 Å². The maximum atomic E-state index is 12.3. The molecular formula is C14H16BrNO3S2. The Hall–Kier alpha value is -1.05. The molecule has 0 spiro atoms. The maximum Gasteiger partial charge on any atom is 0.271 e. The van der Waals surface area contributed by atoms with Gasteiger partial charge in [0.2, 0.25) is 0 Å². The first-order chi connectivity index (χ1) is 9.92. The molecule has 1 heterocycles. The monoisotopic (exact) mass is 389 g/mol. The van der Waals surface area contributed by atoms with Crippen molar-refractivity contribution in [1.29, 1.82) is 0 Å². The zero-order chi connectivity index (χ0) is 15.5. The van der Waals surface area contributed by atoms with E-state index in [-0.39, 0.29) is 4.21 Å². The van der Waals surface area contributed by atoms with Crippen LogP contribution in [0.1, 0.15) is 18.9 Å². The highest BCUT2D eigenvalue weighted by molar-refractivity contribution is 9.11. The number of aryl methyl sites for hydroxylation is 1. The molecule has 2 aromatic rings. The molecule has 7 heteroatoms. The standard InChI is InChI=1S/C14H16BrNO3S2/c1-3-8-19-12-9-10(2)4-5-11(12)16-21(17,18)14-7-6-13(15)20-14/h4-7,9,16H,3,8H2,1-2H3. The molecule has 0 amide bonds. The van der Waals surface area contributed by atoms with Gasteiger partial charge in [0, 0.05) is 0 Å². The van der Waals surface area contributed by atoms with Gasteiger partial charge in [-0.2, -0.15) is 0 Å². The zero-order valence-electron chi connectivity index (χ0n) is 11.7. The number of thiophene rings is 1. The molecule has 0 unspecified atom stereocenters. The summed E-state index contributed by atoms with van der Waals surface area (Å²) < 4.78 is 33.9. The molecule has 0 aliphatic carbocycles. The quantitative estimate of drug-likeness (QED) is 0.795. The predicted molar refractivity (Wildman–Crippen MR) is 89.8 cm³/mol. The SMILES string of the molecule is CCCOc1cc(C)ccc1NS(=O)(=O)c1ccc(Br)s1. The second-order valence-corrected chi connectivity index (χ2v) is 8.88. The summed E-state index contributed by atoms with van der Waals surface area (Å²) in [5, 5.41) is 0. The van der Waals surface area contributed by atoms with Crippen molar-refractivity contribution in [2.75, 3.05) is 11.3 Å². The fourth-order valence-electron chi connectivity index (χ4n) is 1.68. The van der Waals surface area contributed by atoms with Gasteiger partial charge in [0.05, 0.1) is 16.1 Å². The van der Waals surface area contributed by atoms with Gasteiger partial charge in [-0.1, -0.05) is 13.0 Å². The van der Waals surface area contributed by atoms with Crippen LogP contribution in [0.25, 0.3) is 0 Å². The lowest BCUT2D eigenvalue weighted by molar-refractivity contribution is 0.319. The number of rotatable bonds is 6. The molecule has 0 bridgehead atoms. The Labute approximate surface area is 137 Å². The second-order valence-electron chi connectivity index (χ2n) is 4.51. The summed E-state index contributed by atoms with van der Waals surface area (Å²) >= 11 is 4.44. The summed E-state index contributed by atoms with van der Waals surface area (Å²) in [6, 6.07) is 8.68. The molecule has 2 rings (SSSR count). The van der Waals surface area contributed by atoms with Gasteiger partial charge in [0.15, 0.2) is 0 Å². The Kier molecular flexibility index (Phi) is 5.29. The average Bonchev–Trinajstić information content (AvgIpc) is 2.86. The van der Waals surface area contributed by atoms with E-state index in [1.54, 1.807) is 18.2 Å². The lowest BCUT2D eigenvalue weighted by Gasteiger charge is -2.13. The van der Waals surface area contributed by atoms with Crippen molar-refractivity contribution < 1.29 is 13.2 Å².